The van der Waals surface area contributed by atoms with Gasteiger partial charge in [0.25, 0.3) is 0 Å². The lowest BCUT2D eigenvalue weighted by molar-refractivity contribution is 0.0696. The number of aryl methyl sites for hydroxylation is 2. The maximum absolute atomic E-state index is 10.7. The van der Waals surface area contributed by atoms with Gasteiger partial charge in [-0.2, -0.15) is 0 Å². The van der Waals surface area contributed by atoms with E-state index >= 15 is 0 Å². The molecule has 0 unspecified atom stereocenters. The van der Waals surface area contributed by atoms with Crippen LogP contribution in [0.2, 0.25) is 0 Å². The molecule has 0 saturated carbocycles. The van der Waals surface area contributed by atoms with Crippen molar-refractivity contribution in [3.63, 3.8) is 0 Å². The number of hydrogen-bond acceptors (Lipinski definition) is 4. The van der Waals surface area contributed by atoms with Crippen LogP contribution >= 0.6 is 0 Å². The van der Waals surface area contributed by atoms with Gasteiger partial charge in [-0.15, -0.1) is 0 Å². The second kappa shape index (κ2) is 4.91. The molecular weight excluding hydrogens is 232 g/mol. The molecule has 2 N–H and O–H groups in total. The quantitative estimate of drug-likeness (QED) is 0.867. The van der Waals surface area contributed by atoms with E-state index in [1.165, 1.54) is 12.3 Å². The SMILES string of the molecule is Cc1ccc(NCc2cc(C(=O)O)co2)c(C)n1. The van der Waals surface area contributed by atoms with Gasteiger partial charge in [0.05, 0.1) is 23.5 Å². The van der Waals surface area contributed by atoms with Crippen molar-refractivity contribution in [2.45, 2.75) is 20.4 Å². The Kier molecular flexibility index (Phi) is 3.32. The fraction of sp³-hybridized carbons (Fsp3) is 0.231. The van der Waals surface area contributed by atoms with Gasteiger partial charge in [0, 0.05) is 5.69 Å². The lowest BCUT2D eigenvalue weighted by Gasteiger charge is -2.07. The van der Waals surface area contributed by atoms with Crippen LogP contribution in [0.5, 0.6) is 0 Å². The third-order valence-corrected chi connectivity index (χ3v) is 2.58. The van der Waals surface area contributed by atoms with Crippen molar-refractivity contribution in [3.05, 3.63) is 47.2 Å². The van der Waals surface area contributed by atoms with Crippen LogP contribution in [0.3, 0.4) is 0 Å². The topological polar surface area (TPSA) is 75.4 Å². The molecule has 0 aliphatic heterocycles. The maximum Gasteiger partial charge on any atom is 0.338 e. The van der Waals surface area contributed by atoms with Crippen molar-refractivity contribution in [2.24, 2.45) is 0 Å². The monoisotopic (exact) mass is 246 g/mol. The molecule has 18 heavy (non-hydrogen) atoms. The average Bonchev–Trinajstić information content (AvgIpc) is 2.76. The minimum atomic E-state index is -0.988. The second-order valence-corrected chi connectivity index (χ2v) is 4.05. The molecule has 0 bridgehead atoms. The summed E-state index contributed by atoms with van der Waals surface area (Å²) in [6.07, 6.45) is 1.24. The molecule has 2 aromatic rings. The first-order chi connectivity index (χ1) is 8.56. The van der Waals surface area contributed by atoms with E-state index in [0.717, 1.165) is 17.1 Å². The first-order valence-corrected chi connectivity index (χ1v) is 5.55. The number of nitrogens with one attached hydrogen (secondary N) is 1. The van der Waals surface area contributed by atoms with E-state index < -0.39 is 5.97 Å². The highest BCUT2D eigenvalue weighted by Gasteiger charge is 2.08. The van der Waals surface area contributed by atoms with Crippen LogP contribution in [-0.4, -0.2) is 16.1 Å². The molecule has 0 aromatic carbocycles. The van der Waals surface area contributed by atoms with Gasteiger partial charge in [-0.05, 0) is 32.0 Å². The van der Waals surface area contributed by atoms with Crippen molar-refractivity contribution in [1.82, 2.24) is 4.98 Å². The van der Waals surface area contributed by atoms with Crippen LogP contribution in [0, 0.1) is 13.8 Å². The Morgan fingerprint density at radius 1 is 1.44 bits per heavy atom. The molecule has 5 heteroatoms. The maximum atomic E-state index is 10.7. The summed E-state index contributed by atoms with van der Waals surface area (Å²) < 4.78 is 5.15. The summed E-state index contributed by atoms with van der Waals surface area (Å²) in [5, 5.41) is 11.9. The molecule has 0 spiro atoms. The van der Waals surface area contributed by atoms with Gasteiger partial charge >= 0.3 is 5.97 Å². The Hall–Kier alpha value is -2.30. The third kappa shape index (κ3) is 2.68. The van der Waals surface area contributed by atoms with Crippen LogP contribution in [0.25, 0.3) is 0 Å². The Bertz CT molecular complexity index is 575. The summed E-state index contributed by atoms with van der Waals surface area (Å²) in [6, 6.07) is 5.37. The first-order valence-electron chi connectivity index (χ1n) is 5.55. The Morgan fingerprint density at radius 2 is 2.22 bits per heavy atom. The predicted octanol–water partition coefficient (Wildman–Crippen LogP) is 2.60. The van der Waals surface area contributed by atoms with Crippen LogP contribution in [0.15, 0.2) is 28.9 Å². The van der Waals surface area contributed by atoms with E-state index in [2.05, 4.69) is 10.3 Å². The van der Waals surface area contributed by atoms with E-state index in [-0.39, 0.29) is 5.56 Å². The van der Waals surface area contributed by atoms with E-state index in [1.807, 2.05) is 26.0 Å². The minimum Gasteiger partial charge on any atom is -0.478 e. The number of nitrogens with zero attached hydrogens (tertiary/aromatic N) is 1. The van der Waals surface area contributed by atoms with Gasteiger partial charge in [-0.3, -0.25) is 4.98 Å². The number of furan rings is 1. The normalized spacial score (nSPS) is 10.3. The van der Waals surface area contributed by atoms with Crippen molar-refractivity contribution in [2.75, 3.05) is 5.32 Å². The Labute approximate surface area is 104 Å². The Balaban J connectivity index is 2.04. The van der Waals surface area contributed by atoms with Crippen molar-refractivity contribution < 1.29 is 14.3 Å². The average molecular weight is 246 g/mol. The van der Waals surface area contributed by atoms with Crippen molar-refractivity contribution in [3.8, 4) is 0 Å². The smallest absolute Gasteiger partial charge is 0.338 e. The number of anilines is 1. The molecular formula is C13H14N2O3. The largest absolute Gasteiger partial charge is 0.478 e. The van der Waals surface area contributed by atoms with E-state index in [4.69, 9.17) is 9.52 Å². The van der Waals surface area contributed by atoms with Crippen molar-refractivity contribution in [1.29, 1.82) is 0 Å². The number of carboxylic acids is 1. The first kappa shape index (κ1) is 12.2. The summed E-state index contributed by atoms with van der Waals surface area (Å²) in [6.45, 7) is 4.28. The third-order valence-electron chi connectivity index (χ3n) is 2.58. The molecule has 2 rings (SSSR count). The number of rotatable bonds is 4. The van der Waals surface area contributed by atoms with Crippen LogP contribution < -0.4 is 5.32 Å². The standard InChI is InChI=1S/C13H14N2O3/c1-8-3-4-12(9(2)15-8)14-6-11-5-10(7-18-11)13(16)17/h3-5,7,14H,6H2,1-2H3,(H,16,17). The molecule has 0 amide bonds. The van der Waals surface area contributed by atoms with E-state index in [9.17, 15) is 4.79 Å². The number of aromatic carboxylic acids is 1. The summed E-state index contributed by atoms with van der Waals surface area (Å²) in [4.78, 5) is 15.0. The van der Waals surface area contributed by atoms with Gasteiger partial charge in [0.1, 0.15) is 12.0 Å². The molecule has 5 nitrogen and oxygen atoms in total. The minimum absolute atomic E-state index is 0.158. The molecule has 0 fully saturated rings. The van der Waals surface area contributed by atoms with E-state index in [1.54, 1.807) is 0 Å². The highest BCUT2D eigenvalue weighted by molar-refractivity contribution is 5.87. The molecule has 0 aliphatic rings. The van der Waals surface area contributed by atoms with Gasteiger partial charge in [0.15, 0.2) is 0 Å². The lowest BCUT2D eigenvalue weighted by Crippen LogP contribution is -2.02. The zero-order valence-corrected chi connectivity index (χ0v) is 10.2. The molecule has 0 aliphatic carbocycles. The van der Waals surface area contributed by atoms with Gasteiger partial charge in [-0.1, -0.05) is 0 Å². The molecule has 0 saturated heterocycles. The number of hydrogen-bond donors (Lipinski definition) is 2. The molecule has 0 atom stereocenters. The zero-order chi connectivity index (χ0) is 13.1. The summed E-state index contributed by atoms with van der Waals surface area (Å²) in [5.74, 6) is -0.412. The molecule has 94 valence electrons. The van der Waals surface area contributed by atoms with Crippen LogP contribution in [0.4, 0.5) is 5.69 Å². The number of aromatic nitrogens is 1. The number of pyridine rings is 1. The van der Waals surface area contributed by atoms with Crippen molar-refractivity contribution >= 4 is 11.7 Å². The van der Waals surface area contributed by atoms with Gasteiger partial charge < -0.3 is 14.8 Å². The summed E-state index contributed by atoms with van der Waals surface area (Å²) in [5.41, 5.74) is 2.93. The van der Waals surface area contributed by atoms with Gasteiger partial charge in [-0.25, -0.2) is 4.79 Å². The number of carbonyl (C=O) groups is 1. The zero-order valence-electron chi connectivity index (χ0n) is 10.2. The summed E-state index contributed by atoms with van der Waals surface area (Å²) in [7, 11) is 0. The number of carboxylic acid groups (broad SMARTS) is 1. The molecule has 0 radical (unpaired) electrons. The predicted molar refractivity (Wildman–Crippen MR) is 66.7 cm³/mol. The fourth-order valence-corrected chi connectivity index (χ4v) is 1.64. The van der Waals surface area contributed by atoms with Crippen LogP contribution in [-0.2, 0) is 6.54 Å². The Morgan fingerprint density at radius 3 is 2.83 bits per heavy atom. The highest BCUT2D eigenvalue weighted by Crippen LogP contribution is 2.15. The summed E-state index contributed by atoms with van der Waals surface area (Å²) >= 11 is 0. The molecule has 2 heterocycles. The fourth-order valence-electron chi connectivity index (χ4n) is 1.64. The lowest BCUT2D eigenvalue weighted by atomic mass is 10.2. The van der Waals surface area contributed by atoms with Crippen LogP contribution in [0.1, 0.15) is 27.5 Å². The second-order valence-electron chi connectivity index (χ2n) is 4.05. The van der Waals surface area contributed by atoms with Gasteiger partial charge in [0.2, 0.25) is 0 Å². The van der Waals surface area contributed by atoms with E-state index in [0.29, 0.717) is 12.3 Å². The molecule has 2 aromatic heterocycles. The highest BCUT2D eigenvalue weighted by atomic mass is 16.4.